The van der Waals surface area contributed by atoms with Crippen LogP contribution in [0.5, 0.6) is 0 Å². The lowest BCUT2D eigenvalue weighted by atomic mass is 9.98. The third kappa shape index (κ3) is 3.85. The van der Waals surface area contributed by atoms with Gasteiger partial charge in [0, 0.05) is 44.6 Å². The number of aromatic nitrogens is 4. The Morgan fingerprint density at radius 1 is 1.36 bits per heavy atom. The molecule has 1 amide bonds. The summed E-state index contributed by atoms with van der Waals surface area (Å²) in [5.74, 6) is -0.393. The van der Waals surface area contributed by atoms with Crippen molar-refractivity contribution in [3.8, 4) is 0 Å². The Morgan fingerprint density at radius 2 is 2.16 bits per heavy atom. The molecule has 0 spiro atoms. The van der Waals surface area contributed by atoms with Gasteiger partial charge in [0.1, 0.15) is 5.69 Å². The minimum Gasteiger partial charge on any atom is -0.334 e. The average Bonchev–Trinajstić information content (AvgIpc) is 3.21. The highest BCUT2D eigenvalue weighted by Gasteiger charge is 2.37. The number of halogens is 3. The molecule has 3 rings (SSSR count). The Morgan fingerprint density at radius 3 is 2.80 bits per heavy atom. The van der Waals surface area contributed by atoms with E-state index in [9.17, 15) is 18.0 Å². The van der Waals surface area contributed by atoms with Crippen molar-refractivity contribution in [2.75, 3.05) is 6.54 Å². The van der Waals surface area contributed by atoms with Gasteiger partial charge in [-0.2, -0.15) is 23.4 Å². The Balaban J connectivity index is 1.75. The van der Waals surface area contributed by atoms with Gasteiger partial charge in [-0.15, -0.1) is 0 Å². The summed E-state index contributed by atoms with van der Waals surface area (Å²) in [6.07, 6.45) is 2.41. The van der Waals surface area contributed by atoms with Crippen molar-refractivity contribution >= 4 is 5.91 Å². The summed E-state index contributed by atoms with van der Waals surface area (Å²) in [5.41, 5.74) is -1.07. The zero-order valence-corrected chi connectivity index (χ0v) is 13.9. The molecule has 0 bridgehead atoms. The third-order valence-electron chi connectivity index (χ3n) is 4.53. The van der Waals surface area contributed by atoms with Crippen LogP contribution in [0.3, 0.4) is 0 Å². The molecule has 0 aromatic carbocycles. The minimum absolute atomic E-state index is 0.00492. The van der Waals surface area contributed by atoms with Crippen LogP contribution in [0.1, 0.15) is 41.9 Å². The van der Waals surface area contributed by atoms with Crippen molar-refractivity contribution in [1.29, 1.82) is 0 Å². The van der Waals surface area contributed by atoms with Gasteiger partial charge in [-0.3, -0.25) is 14.2 Å². The largest absolute Gasteiger partial charge is 0.435 e. The van der Waals surface area contributed by atoms with Crippen molar-refractivity contribution in [2.45, 2.75) is 44.4 Å². The number of likely N-dealkylation sites (tertiary alicyclic amines) is 1. The van der Waals surface area contributed by atoms with E-state index in [0.717, 1.165) is 36.4 Å². The molecule has 6 nitrogen and oxygen atoms in total. The fourth-order valence-electron chi connectivity index (χ4n) is 3.24. The molecule has 0 radical (unpaired) electrons. The molecule has 0 saturated carbocycles. The Labute approximate surface area is 143 Å². The number of hydrogen-bond acceptors (Lipinski definition) is 3. The van der Waals surface area contributed by atoms with Gasteiger partial charge < -0.3 is 4.90 Å². The van der Waals surface area contributed by atoms with Crippen LogP contribution in [0.15, 0.2) is 24.5 Å². The molecular weight excluding hydrogens is 335 g/mol. The number of aryl methyl sites for hydroxylation is 2. The molecule has 1 fully saturated rings. The van der Waals surface area contributed by atoms with Crippen LogP contribution in [-0.2, 0) is 19.8 Å². The number of alkyl halides is 3. The maximum atomic E-state index is 12.8. The number of carbonyl (C=O) groups excluding carboxylic acids is 1. The first-order valence-corrected chi connectivity index (χ1v) is 8.26. The Kier molecular flexibility index (Phi) is 4.82. The van der Waals surface area contributed by atoms with Crippen LogP contribution >= 0.6 is 0 Å². The molecular formula is C16H20F3N5O. The highest BCUT2D eigenvalue weighted by Crippen LogP contribution is 2.29. The van der Waals surface area contributed by atoms with Crippen molar-refractivity contribution in [3.05, 3.63) is 35.9 Å². The number of amides is 1. The second-order valence-electron chi connectivity index (χ2n) is 6.24. The second kappa shape index (κ2) is 6.89. The quantitative estimate of drug-likeness (QED) is 0.847. The molecule has 2 aromatic rings. The number of hydrogen-bond donors (Lipinski definition) is 0. The maximum absolute atomic E-state index is 12.8. The Bertz CT molecular complexity index is 723. The summed E-state index contributed by atoms with van der Waals surface area (Å²) >= 11 is 0. The predicted molar refractivity (Wildman–Crippen MR) is 83.7 cm³/mol. The van der Waals surface area contributed by atoms with E-state index in [2.05, 4.69) is 10.2 Å². The molecule has 0 N–H and O–H groups in total. The van der Waals surface area contributed by atoms with Gasteiger partial charge in [-0.1, -0.05) is 0 Å². The van der Waals surface area contributed by atoms with Crippen LogP contribution < -0.4 is 0 Å². The molecule has 1 atom stereocenters. The van der Waals surface area contributed by atoms with Gasteiger partial charge >= 0.3 is 6.18 Å². The molecule has 1 saturated heterocycles. The zero-order chi connectivity index (χ0) is 18.0. The van der Waals surface area contributed by atoms with Crippen molar-refractivity contribution < 1.29 is 18.0 Å². The predicted octanol–water partition coefficient (Wildman–Crippen LogP) is 2.72. The van der Waals surface area contributed by atoms with Crippen LogP contribution in [-0.4, -0.2) is 43.0 Å². The van der Waals surface area contributed by atoms with Crippen LogP contribution in [0.25, 0.3) is 0 Å². The monoisotopic (exact) mass is 355 g/mol. The van der Waals surface area contributed by atoms with Crippen molar-refractivity contribution in [1.82, 2.24) is 24.5 Å². The van der Waals surface area contributed by atoms with Crippen LogP contribution in [0.4, 0.5) is 13.2 Å². The topological polar surface area (TPSA) is 56.0 Å². The lowest BCUT2D eigenvalue weighted by molar-refractivity contribution is -0.141. The van der Waals surface area contributed by atoms with Gasteiger partial charge in [-0.25, -0.2) is 0 Å². The summed E-state index contributed by atoms with van der Waals surface area (Å²) in [6.45, 7) is 1.22. The van der Waals surface area contributed by atoms with E-state index in [-0.39, 0.29) is 11.7 Å². The van der Waals surface area contributed by atoms with E-state index in [1.165, 1.54) is 7.05 Å². The molecule has 2 aromatic heterocycles. The number of nitrogens with zero attached hydrogens (tertiary/aromatic N) is 5. The fraction of sp³-hybridized carbons (Fsp3) is 0.562. The number of piperidine rings is 1. The molecule has 1 unspecified atom stereocenters. The van der Waals surface area contributed by atoms with Gasteiger partial charge in [0.25, 0.3) is 5.91 Å². The molecule has 1 aliphatic rings. The maximum Gasteiger partial charge on any atom is 0.435 e. The highest BCUT2D eigenvalue weighted by molar-refractivity contribution is 5.93. The van der Waals surface area contributed by atoms with E-state index >= 15 is 0 Å². The van der Waals surface area contributed by atoms with Gasteiger partial charge in [0.2, 0.25) is 0 Å². The first-order chi connectivity index (χ1) is 11.9. The third-order valence-corrected chi connectivity index (χ3v) is 4.53. The first-order valence-electron chi connectivity index (χ1n) is 8.26. The lowest BCUT2D eigenvalue weighted by Gasteiger charge is -2.35. The summed E-state index contributed by atoms with van der Waals surface area (Å²) < 4.78 is 41.3. The first kappa shape index (κ1) is 17.5. The van der Waals surface area contributed by atoms with Crippen LogP contribution in [0.2, 0.25) is 0 Å². The Hall–Kier alpha value is -2.32. The number of carbonyl (C=O) groups is 1. The van der Waals surface area contributed by atoms with E-state index in [1.54, 1.807) is 15.8 Å². The summed E-state index contributed by atoms with van der Waals surface area (Å²) in [6, 6.07) is 2.66. The smallest absolute Gasteiger partial charge is 0.334 e. The van der Waals surface area contributed by atoms with E-state index in [4.69, 9.17) is 0 Å². The summed E-state index contributed by atoms with van der Waals surface area (Å²) in [5, 5.41) is 7.59. The zero-order valence-electron chi connectivity index (χ0n) is 13.9. The lowest BCUT2D eigenvalue weighted by Crippen LogP contribution is -2.44. The SMILES string of the molecule is Cn1nc(C(F)(F)F)cc1C(=O)N1CCCCC1CCn1cccn1. The van der Waals surface area contributed by atoms with E-state index in [0.29, 0.717) is 13.1 Å². The van der Waals surface area contributed by atoms with E-state index in [1.807, 2.05) is 12.3 Å². The van der Waals surface area contributed by atoms with Gasteiger partial charge in [-0.05, 0) is 31.7 Å². The minimum atomic E-state index is -4.56. The molecule has 25 heavy (non-hydrogen) atoms. The van der Waals surface area contributed by atoms with Gasteiger partial charge in [0.15, 0.2) is 5.69 Å². The van der Waals surface area contributed by atoms with Gasteiger partial charge in [0.05, 0.1) is 0 Å². The summed E-state index contributed by atoms with van der Waals surface area (Å²) in [7, 11) is 1.37. The second-order valence-corrected chi connectivity index (χ2v) is 6.24. The highest BCUT2D eigenvalue weighted by atomic mass is 19.4. The van der Waals surface area contributed by atoms with Crippen molar-refractivity contribution in [2.24, 2.45) is 7.05 Å². The normalized spacial score (nSPS) is 18.6. The standard InChI is InChI=1S/C16H20F3N5O/c1-22-13(11-14(21-22)16(17,18)19)15(25)24-9-3-2-5-12(24)6-10-23-8-4-7-20-23/h4,7-8,11-12H,2-3,5-6,9-10H2,1H3. The number of rotatable bonds is 4. The molecule has 136 valence electrons. The van der Waals surface area contributed by atoms with E-state index < -0.39 is 17.8 Å². The summed E-state index contributed by atoms with van der Waals surface area (Å²) in [4.78, 5) is 14.5. The molecule has 0 aliphatic carbocycles. The molecule has 9 heteroatoms. The van der Waals surface area contributed by atoms with Crippen LogP contribution in [0, 0.1) is 0 Å². The average molecular weight is 355 g/mol. The van der Waals surface area contributed by atoms with Crippen molar-refractivity contribution in [3.63, 3.8) is 0 Å². The molecule has 1 aliphatic heterocycles. The fourth-order valence-corrected chi connectivity index (χ4v) is 3.24. The molecule has 3 heterocycles.